The molecule has 1 amide bonds. The second kappa shape index (κ2) is 8.91. The number of carbonyl (C=O) groups is 2. The summed E-state index contributed by atoms with van der Waals surface area (Å²) in [5.41, 5.74) is 0.342. The Hall–Kier alpha value is -2.83. The maximum absolute atomic E-state index is 12.8. The lowest BCUT2D eigenvalue weighted by Crippen LogP contribution is -2.30. The smallest absolute Gasteiger partial charge is 0.416 e. The summed E-state index contributed by atoms with van der Waals surface area (Å²) in [6, 6.07) is 11.2. The van der Waals surface area contributed by atoms with Crippen molar-refractivity contribution in [1.82, 2.24) is 0 Å². The molecule has 0 aromatic heterocycles. The number of nitrogens with one attached hydrogen (secondary N) is 1. The highest BCUT2D eigenvalue weighted by Gasteiger charge is 2.31. The van der Waals surface area contributed by atoms with Gasteiger partial charge in [0.15, 0.2) is 6.10 Å². The zero-order valence-corrected chi connectivity index (χ0v) is 15.8. The number of hydrogen-bond acceptors (Lipinski definition) is 3. The number of halogens is 3. The summed E-state index contributed by atoms with van der Waals surface area (Å²) >= 11 is 0. The van der Waals surface area contributed by atoms with E-state index in [0.717, 1.165) is 24.1 Å². The van der Waals surface area contributed by atoms with Crippen molar-refractivity contribution in [1.29, 1.82) is 0 Å². The molecule has 2 atom stereocenters. The molecule has 2 unspecified atom stereocenters. The summed E-state index contributed by atoms with van der Waals surface area (Å²) in [4.78, 5) is 24.5. The number of anilines is 1. The number of ether oxygens (including phenoxy) is 1. The molecule has 0 aliphatic rings. The predicted octanol–water partition coefficient (Wildman–Crippen LogP) is 5.40. The Kier molecular flexibility index (Phi) is 6.83. The first-order chi connectivity index (χ1) is 13.1. The van der Waals surface area contributed by atoms with Crippen LogP contribution in [-0.2, 0) is 15.7 Å². The van der Waals surface area contributed by atoms with Gasteiger partial charge in [0.1, 0.15) is 0 Å². The van der Waals surface area contributed by atoms with Gasteiger partial charge in [0.25, 0.3) is 5.91 Å². The van der Waals surface area contributed by atoms with Crippen molar-refractivity contribution in [2.24, 2.45) is 0 Å². The second-order valence-electron chi connectivity index (χ2n) is 6.51. The molecule has 150 valence electrons. The highest BCUT2D eigenvalue weighted by atomic mass is 19.4. The van der Waals surface area contributed by atoms with Crippen molar-refractivity contribution in [2.45, 2.75) is 45.4 Å². The fourth-order valence-corrected chi connectivity index (χ4v) is 2.60. The van der Waals surface area contributed by atoms with E-state index in [4.69, 9.17) is 4.74 Å². The van der Waals surface area contributed by atoms with Crippen LogP contribution >= 0.6 is 0 Å². The molecular formula is C21H22F3NO3. The van der Waals surface area contributed by atoms with Crippen LogP contribution in [0.3, 0.4) is 0 Å². The van der Waals surface area contributed by atoms with Crippen LogP contribution in [0.1, 0.15) is 54.6 Å². The van der Waals surface area contributed by atoms with Gasteiger partial charge in [-0.25, -0.2) is 4.79 Å². The SMILES string of the molecule is CCC(C)c1ccccc1NC(=O)C(C)OC(=O)c1cccc(C(F)(F)F)c1. The van der Waals surface area contributed by atoms with E-state index in [1.807, 2.05) is 26.0 Å². The van der Waals surface area contributed by atoms with Crippen LogP contribution in [0.15, 0.2) is 48.5 Å². The topological polar surface area (TPSA) is 55.4 Å². The van der Waals surface area contributed by atoms with E-state index >= 15 is 0 Å². The number of esters is 1. The number of rotatable bonds is 6. The van der Waals surface area contributed by atoms with Gasteiger partial charge < -0.3 is 10.1 Å². The molecule has 1 N–H and O–H groups in total. The van der Waals surface area contributed by atoms with Crippen LogP contribution in [-0.4, -0.2) is 18.0 Å². The lowest BCUT2D eigenvalue weighted by atomic mass is 9.97. The van der Waals surface area contributed by atoms with Gasteiger partial charge >= 0.3 is 12.1 Å². The second-order valence-corrected chi connectivity index (χ2v) is 6.51. The highest BCUT2D eigenvalue weighted by Crippen LogP contribution is 2.30. The first kappa shape index (κ1) is 21.5. The molecule has 0 radical (unpaired) electrons. The van der Waals surface area contributed by atoms with E-state index in [9.17, 15) is 22.8 Å². The number of alkyl halides is 3. The molecule has 0 spiro atoms. The molecule has 0 aliphatic heterocycles. The Bertz CT molecular complexity index is 849. The normalized spacial score (nSPS) is 13.5. The van der Waals surface area contributed by atoms with Crippen LogP contribution in [0.4, 0.5) is 18.9 Å². The van der Waals surface area contributed by atoms with E-state index in [0.29, 0.717) is 11.8 Å². The minimum Gasteiger partial charge on any atom is -0.449 e. The van der Waals surface area contributed by atoms with Crippen molar-refractivity contribution in [3.8, 4) is 0 Å². The molecule has 0 heterocycles. The van der Waals surface area contributed by atoms with Crippen molar-refractivity contribution in [2.75, 3.05) is 5.32 Å². The Labute approximate surface area is 161 Å². The van der Waals surface area contributed by atoms with Gasteiger partial charge in [-0.2, -0.15) is 13.2 Å². The first-order valence-electron chi connectivity index (χ1n) is 8.91. The van der Waals surface area contributed by atoms with Crippen LogP contribution in [0.5, 0.6) is 0 Å². The third-order valence-electron chi connectivity index (χ3n) is 4.44. The molecule has 0 saturated heterocycles. The third kappa shape index (κ3) is 5.34. The van der Waals surface area contributed by atoms with E-state index in [1.165, 1.54) is 13.0 Å². The Morgan fingerprint density at radius 3 is 2.39 bits per heavy atom. The van der Waals surface area contributed by atoms with Crippen LogP contribution in [0, 0.1) is 0 Å². The number of para-hydroxylation sites is 1. The number of benzene rings is 2. The molecule has 2 rings (SSSR count). The van der Waals surface area contributed by atoms with Crippen molar-refractivity contribution in [3.05, 3.63) is 65.2 Å². The Balaban J connectivity index is 2.08. The molecule has 0 saturated carbocycles. The average molecular weight is 393 g/mol. The largest absolute Gasteiger partial charge is 0.449 e. The lowest BCUT2D eigenvalue weighted by Gasteiger charge is -2.18. The van der Waals surface area contributed by atoms with Gasteiger partial charge in [0, 0.05) is 5.69 Å². The standard InChI is InChI=1S/C21H22F3NO3/c1-4-13(2)17-10-5-6-11-18(17)25-19(26)14(3)28-20(27)15-8-7-9-16(12-15)21(22,23)24/h5-14H,4H2,1-3H3,(H,25,26). The summed E-state index contributed by atoms with van der Waals surface area (Å²) in [6.45, 7) is 5.43. The minimum absolute atomic E-state index is 0.222. The maximum Gasteiger partial charge on any atom is 0.416 e. The van der Waals surface area contributed by atoms with Crippen LogP contribution < -0.4 is 5.32 Å². The van der Waals surface area contributed by atoms with E-state index in [1.54, 1.807) is 12.1 Å². The minimum atomic E-state index is -4.57. The molecule has 7 heteroatoms. The van der Waals surface area contributed by atoms with Gasteiger partial charge in [-0.3, -0.25) is 4.79 Å². The monoisotopic (exact) mass is 393 g/mol. The first-order valence-corrected chi connectivity index (χ1v) is 8.91. The van der Waals surface area contributed by atoms with E-state index < -0.39 is 29.7 Å². The van der Waals surface area contributed by atoms with E-state index in [2.05, 4.69) is 5.32 Å². The van der Waals surface area contributed by atoms with Crippen molar-refractivity contribution < 1.29 is 27.5 Å². The predicted molar refractivity (Wildman–Crippen MR) is 100 cm³/mol. The van der Waals surface area contributed by atoms with Gasteiger partial charge in [-0.05, 0) is 49.1 Å². The Morgan fingerprint density at radius 1 is 1.07 bits per heavy atom. The number of amides is 1. The summed E-state index contributed by atoms with van der Waals surface area (Å²) in [5, 5.41) is 2.72. The summed E-state index contributed by atoms with van der Waals surface area (Å²) in [5.74, 6) is -1.33. The zero-order chi connectivity index (χ0) is 20.9. The van der Waals surface area contributed by atoms with Gasteiger partial charge in [0.2, 0.25) is 0 Å². The zero-order valence-electron chi connectivity index (χ0n) is 15.8. The fourth-order valence-electron chi connectivity index (χ4n) is 2.60. The quantitative estimate of drug-likeness (QED) is 0.669. The molecule has 4 nitrogen and oxygen atoms in total. The summed E-state index contributed by atoms with van der Waals surface area (Å²) < 4.78 is 43.4. The van der Waals surface area contributed by atoms with Gasteiger partial charge in [0.05, 0.1) is 11.1 Å². The highest BCUT2D eigenvalue weighted by molar-refractivity contribution is 5.97. The number of hydrogen-bond donors (Lipinski definition) is 1. The average Bonchev–Trinajstić information content (AvgIpc) is 2.67. The van der Waals surface area contributed by atoms with Crippen LogP contribution in [0.2, 0.25) is 0 Å². The third-order valence-corrected chi connectivity index (χ3v) is 4.44. The molecule has 28 heavy (non-hydrogen) atoms. The molecule has 2 aromatic carbocycles. The fraction of sp³-hybridized carbons (Fsp3) is 0.333. The molecule has 0 fully saturated rings. The molecule has 0 bridgehead atoms. The maximum atomic E-state index is 12.8. The van der Waals surface area contributed by atoms with Crippen molar-refractivity contribution in [3.63, 3.8) is 0 Å². The van der Waals surface area contributed by atoms with Crippen molar-refractivity contribution >= 4 is 17.6 Å². The molecular weight excluding hydrogens is 371 g/mol. The summed E-state index contributed by atoms with van der Waals surface area (Å²) in [6.07, 6.45) is -4.86. The van der Waals surface area contributed by atoms with Gasteiger partial charge in [-0.15, -0.1) is 0 Å². The molecule has 2 aromatic rings. The Morgan fingerprint density at radius 2 is 1.75 bits per heavy atom. The lowest BCUT2D eigenvalue weighted by molar-refractivity contribution is -0.137. The summed E-state index contributed by atoms with van der Waals surface area (Å²) in [7, 11) is 0. The molecule has 0 aliphatic carbocycles. The van der Waals surface area contributed by atoms with E-state index in [-0.39, 0.29) is 11.5 Å². The number of carbonyl (C=O) groups excluding carboxylic acids is 2. The van der Waals surface area contributed by atoms with Gasteiger partial charge in [-0.1, -0.05) is 38.1 Å². The van der Waals surface area contributed by atoms with Crippen LogP contribution in [0.25, 0.3) is 0 Å².